The molecule has 0 amide bonds. The quantitative estimate of drug-likeness (QED) is 0.671. The summed E-state index contributed by atoms with van der Waals surface area (Å²) in [6.45, 7) is 0. The Morgan fingerprint density at radius 1 is 1.27 bits per heavy atom. The Balaban J connectivity index is 2.83. The third-order valence-corrected chi connectivity index (χ3v) is 2.96. The van der Waals surface area contributed by atoms with E-state index in [9.17, 15) is 0 Å². The van der Waals surface area contributed by atoms with Crippen molar-refractivity contribution in [2.75, 3.05) is 13.4 Å². The summed E-state index contributed by atoms with van der Waals surface area (Å²) >= 11 is 0. The van der Waals surface area contributed by atoms with E-state index in [2.05, 4.69) is 12.3 Å². The molecule has 0 aromatic heterocycles. The Labute approximate surface area is 74.9 Å². The lowest BCUT2D eigenvalue weighted by Crippen LogP contribution is -1.83. The minimum Gasteiger partial charge on any atom is -0.496 e. The van der Waals surface area contributed by atoms with Crippen molar-refractivity contribution in [2.45, 2.75) is 4.90 Å². The maximum absolute atomic E-state index is 5.16. The van der Waals surface area contributed by atoms with Gasteiger partial charge in [-0.1, -0.05) is 33.7 Å². The maximum Gasteiger partial charge on any atom is 0.133 e. The summed E-state index contributed by atoms with van der Waals surface area (Å²) in [5, 5.41) is 0. The summed E-state index contributed by atoms with van der Waals surface area (Å²) in [7, 11) is 5.13. The van der Waals surface area contributed by atoms with Gasteiger partial charge in [0.1, 0.15) is 5.75 Å². The molecule has 1 aromatic rings. The Morgan fingerprint density at radius 2 is 2.00 bits per heavy atom. The topological polar surface area (TPSA) is 9.23 Å². The lowest BCUT2D eigenvalue weighted by atomic mass is 10.3. The summed E-state index contributed by atoms with van der Waals surface area (Å²) in [4.78, 5) is 1.18. The first-order valence-electron chi connectivity index (χ1n) is 3.22. The highest BCUT2D eigenvalue weighted by atomic mass is 33.1. The van der Waals surface area contributed by atoms with Gasteiger partial charge in [-0.15, -0.1) is 0 Å². The van der Waals surface area contributed by atoms with Crippen LogP contribution < -0.4 is 4.74 Å². The third kappa shape index (κ3) is 2.34. The third-order valence-electron chi connectivity index (χ3n) is 1.24. The van der Waals surface area contributed by atoms with E-state index in [0.717, 1.165) is 5.75 Å². The summed E-state index contributed by atoms with van der Waals surface area (Å²) in [5.41, 5.74) is 0. The molecule has 0 heterocycles. The minimum absolute atomic E-state index is 0.951. The predicted octanol–water partition coefficient (Wildman–Crippen LogP) is 3.07. The molecule has 0 spiro atoms. The van der Waals surface area contributed by atoms with Crippen molar-refractivity contribution in [3.05, 3.63) is 24.3 Å². The number of rotatable bonds is 3. The molecular formula is C8H10OS2. The average Bonchev–Trinajstić information content (AvgIpc) is 2.06. The SMILES string of the molecule is COc1ccccc1SSC. The molecule has 0 saturated carbocycles. The molecule has 0 N–H and O–H groups in total. The van der Waals surface area contributed by atoms with E-state index < -0.39 is 0 Å². The van der Waals surface area contributed by atoms with Gasteiger partial charge >= 0.3 is 0 Å². The van der Waals surface area contributed by atoms with Crippen LogP contribution in [0.15, 0.2) is 29.2 Å². The fraction of sp³-hybridized carbons (Fsp3) is 0.250. The molecule has 0 fully saturated rings. The van der Waals surface area contributed by atoms with Crippen molar-refractivity contribution in [1.82, 2.24) is 0 Å². The van der Waals surface area contributed by atoms with Gasteiger partial charge in [-0.2, -0.15) is 0 Å². The van der Waals surface area contributed by atoms with Crippen LogP contribution in [0, 0.1) is 0 Å². The highest BCUT2D eigenvalue weighted by Gasteiger charge is 1.99. The van der Waals surface area contributed by atoms with Crippen LogP contribution in [0.25, 0.3) is 0 Å². The van der Waals surface area contributed by atoms with Gasteiger partial charge in [0.2, 0.25) is 0 Å². The van der Waals surface area contributed by atoms with Gasteiger partial charge < -0.3 is 4.74 Å². The molecule has 0 atom stereocenters. The molecule has 11 heavy (non-hydrogen) atoms. The predicted molar refractivity (Wildman–Crippen MR) is 52.4 cm³/mol. The summed E-state index contributed by atoms with van der Waals surface area (Å²) < 4.78 is 5.16. The molecule has 0 radical (unpaired) electrons. The number of benzene rings is 1. The molecule has 0 aliphatic rings. The first-order valence-corrected chi connectivity index (χ1v) is 5.78. The lowest BCUT2D eigenvalue weighted by Gasteiger charge is -2.04. The van der Waals surface area contributed by atoms with E-state index >= 15 is 0 Å². The van der Waals surface area contributed by atoms with Crippen LogP contribution >= 0.6 is 21.6 Å². The smallest absolute Gasteiger partial charge is 0.133 e. The van der Waals surface area contributed by atoms with Crippen molar-refractivity contribution in [3.63, 3.8) is 0 Å². The van der Waals surface area contributed by atoms with Gasteiger partial charge in [-0.3, -0.25) is 0 Å². The average molecular weight is 186 g/mol. The monoisotopic (exact) mass is 186 g/mol. The van der Waals surface area contributed by atoms with E-state index in [0.29, 0.717) is 0 Å². The molecule has 60 valence electrons. The zero-order valence-corrected chi connectivity index (χ0v) is 8.17. The molecule has 1 rings (SSSR count). The zero-order chi connectivity index (χ0) is 8.10. The van der Waals surface area contributed by atoms with Crippen LogP contribution in [0.1, 0.15) is 0 Å². The van der Waals surface area contributed by atoms with E-state index in [1.54, 1.807) is 28.7 Å². The molecule has 1 nitrogen and oxygen atoms in total. The summed E-state index contributed by atoms with van der Waals surface area (Å²) in [6.07, 6.45) is 2.05. The van der Waals surface area contributed by atoms with Crippen LogP contribution in [0.2, 0.25) is 0 Å². The molecule has 0 aliphatic heterocycles. The number of ether oxygens (including phenoxy) is 1. The Hall–Kier alpha value is -0.280. The van der Waals surface area contributed by atoms with Crippen LogP contribution in [0.5, 0.6) is 5.75 Å². The summed E-state index contributed by atoms with van der Waals surface area (Å²) in [5.74, 6) is 0.951. The number of para-hydroxylation sites is 1. The highest BCUT2D eigenvalue weighted by molar-refractivity contribution is 8.76. The fourth-order valence-corrected chi connectivity index (χ4v) is 2.28. The number of hydrogen-bond acceptors (Lipinski definition) is 3. The van der Waals surface area contributed by atoms with Crippen molar-refractivity contribution in [3.8, 4) is 5.75 Å². The second-order valence-electron chi connectivity index (χ2n) is 1.90. The van der Waals surface area contributed by atoms with Gasteiger partial charge in [-0.25, -0.2) is 0 Å². The molecule has 0 bridgehead atoms. The Bertz CT molecular complexity index is 225. The molecule has 3 heteroatoms. The lowest BCUT2D eigenvalue weighted by molar-refractivity contribution is 0.405. The van der Waals surface area contributed by atoms with Gasteiger partial charge in [0.25, 0.3) is 0 Å². The summed E-state index contributed by atoms with van der Waals surface area (Å²) in [6, 6.07) is 8.02. The second kappa shape index (κ2) is 4.57. The van der Waals surface area contributed by atoms with Crippen LogP contribution in [0.4, 0.5) is 0 Å². The van der Waals surface area contributed by atoms with Crippen molar-refractivity contribution in [2.24, 2.45) is 0 Å². The van der Waals surface area contributed by atoms with Gasteiger partial charge in [0.05, 0.1) is 12.0 Å². The van der Waals surface area contributed by atoms with Gasteiger partial charge in [-0.05, 0) is 18.4 Å². The van der Waals surface area contributed by atoms with Gasteiger partial charge in [0, 0.05) is 0 Å². The first kappa shape index (κ1) is 8.81. The van der Waals surface area contributed by atoms with E-state index in [-0.39, 0.29) is 0 Å². The standard InChI is InChI=1S/C8H10OS2/c1-9-7-5-3-4-6-8(7)11-10-2/h3-6H,1-2H3. The number of hydrogen-bond donors (Lipinski definition) is 0. The first-order chi connectivity index (χ1) is 5.38. The molecule has 1 aromatic carbocycles. The van der Waals surface area contributed by atoms with Crippen LogP contribution in [-0.4, -0.2) is 13.4 Å². The van der Waals surface area contributed by atoms with Crippen LogP contribution in [0.3, 0.4) is 0 Å². The van der Waals surface area contributed by atoms with E-state index in [4.69, 9.17) is 4.74 Å². The Morgan fingerprint density at radius 3 is 2.64 bits per heavy atom. The minimum atomic E-state index is 0.951. The second-order valence-corrected chi connectivity index (χ2v) is 4.34. The van der Waals surface area contributed by atoms with Gasteiger partial charge in [0.15, 0.2) is 0 Å². The molecule has 0 aliphatic carbocycles. The van der Waals surface area contributed by atoms with Crippen molar-refractivity contribution in [1.29, 1.82) is 0 Å². The Kier molecular flexibility index (Phi) is 3.66. The van der Waals surface area contributed by atoms with Crippen molar-refractivity contribution >= 4 is 21.6 Å². The van der Waals surface area contributed by atoms with Crippen molar-refractivity contribution < 1.29 is 4.74 Å². The van der Waals surface area contributed by atoms with E-state index in [1.165, 1.54) is 4.90 Å². The fourth-order valence-electron chi connectivity index (χ4n) is 0.777. The molecule has 0 unspecified atom stereocenters. The highest BCUT2D eigenvalue weighted by Crippen LogP contribution is 2.35. The maximum atomic E-state index is 5.16. The normalized spacial score (nSPS) is 9.64. The molecular weight excluding hydrogens is 176 g/mol. The largest absolute Gasteiger partial charge is 0.496 e. The van der Waals surface area contributed by atoms with E-state index in [1.807, 2.05) is 18.2 Å². The van der Waals surface area contributed by atoms with Crippen LogP contribution in [-0.2, 0) is 0 Å². The molecule has 0 saturated heterocycles. The number of methoxy groups -OCH3 is 1. The zero-order valence-electron chi connectivity index (χ0n) is 6.53.